The van der Waals surface area contributed by atoms with Crippen molar-refractivity contribution in [2.45, 2.75) is 13.1 Å². The molecule has 5 rings (SSSR count). The Hall–Kier alpha value is -3.81. The molecule has 0 radical (unpaired) electrons. The van der Waals surface area contributed by atoms with E-state index < -0.39 is 17.5 Å². The summed E-state index contributed by atoms with van der Waals surface area (Å²) in [7, 11) is 0. The zero-order valence-corrected chi connectivity index (χ0v) is 15.3. The second kappa shape index (κ2) is 6.66. The molecule has 0 fully saturated rings. The molecule has 0 atom stereocenters. The molecule has 3 heterocycles. The maximum atomic E-state index is 14.2. The maximum absolute atomic E-state index is 14.2. The van der Waals surface area contributed by atoms with Crippen molar-refractivity contribution < 1.29 is 14.0 Å². The average molecular weight is 389 g/mol. The standard InChI is InChI=1S/C21H16FN5O2/c22-15-7-4-8-16-18(15)14(11-23-16)19(28)21(29)26-9-10-27-17(12-26)24-25-20(27)13-5-2-1-3-6-13/h1-8,11,23H,9-10,12H2. The Labute approximate surface area is 164 Å². The van der Waals surface area contributed by atoms with Gasteiger partial charge in [-0.05, 0) is 12.1 Å². The minimum Gasteiger partial charge on any atom is -0.360 e. The van der Waals surface area contributed by atoms with Gasteiger partial charge in [-0.15, -0.1) is 10.2 Å². The number of rotatable bonds is 3. The Morgan fingerprint density at radius 3 is 2.66 bits per heavy atom. The van der Waals surface area contributed by atoms with Gasteiger partial charge in [0, 0.05) is 35.8 Å². The number of H-pyrrole nitrogens is 1. The highest BCUT2D eigenvalue weighted by Gasteiger charge is 2.30. The predicted octanol–water partition coefficient (Wildman–Crippen LogP) is 2.79. The van der Waals surface area contributed by atoms with Gasteiger partial charge in [0.05, 0.1) is 12.1 Å². The average Bonchev–Trinajstić information content (AvgIpc) is 3.38. The molecule has 1 amide bonds. The van der Waals surface area contributed by atoms with E-state index in [1.165, 1.54) is 17.2 Å². The van der Waals surface area contributed by atoms with Gasteiger partial charge in [0.25, 0.3) is 11.7 Å². The van der Waals surface area contributed by atoms with Crippen molar-refractivity contribution in [3.63, 3.8) is 0 Å². The van der Waals surface area contributed by atoms with E-state index in [1.807, 2.05) is 34.9 Å². The van der Waals surface area contributed by atoms with E-state index in [9.17, 15) is 14.0 Å². The highest BCUT2D eigenvalue weighted by Crippen LogP contribution is 2.24. The first kappa shape index (κ1) is 17.3. The Morgan fingerprint density at radius 1 is 1.00 bits per heavy atom. The van der Waals surface area contributed by atoms with Gasteiger partial charge in [-0.3, -0.25) is 9.59 Å². The van der Waals surface area contributed by atoms with Crippen molar-refractivity contribution in [2.24, 2.45) is 0 Å². The number of ketones is 1. The highest BCUT2D eigenvalue weighted by molar-refractivity contribution is 6.44. The molecule has 4 aromatic rings. The van der Waals surface area contributed by atoms with Crippen molar-refractivity contribution in [2.75, 3.05) is 6.54 Å². The molecule has 29 heavy (non-hydrogen) atoms. The zero-order chi connectivity index (χ0) is 20.0. The molecule has 0 unspecified atom stereocenters. The fraction of sp³-hybridized carbons (Fsp3) is 0.143. The summed E-state index contributed by atoms with van der Waals surface area (Å²) in [5.41, 5.74) is 1.46. The van der Waals surface area contributed by atoms with E-state index in [0.717, 1.165) is 11.4 Å². The van der Waals surface area contributed by atoms with Gasteiger partial charge < -0.3 is 14.5 Å². The van der Waals surface area contributed by atoms with Crippen LogP contribution < -0.4 is 0 Å². The van der Waals surface area contributed by atoms with Gasteiger partial charge in [0.2, 0.25) is 0 Å². The Bertz CT molecular complexity index is 1240. The van der Waals surface area contributed by atoms with Crippen molar-refractivity contribution >= 4 is 22.6 Å². The lowest BCUT2D eigenvalue weighted by Crippen LogP contribution is -2.42. The summed E-state index contributed by atoms with van der Waals surface area (Å²) in [6, 6.07) is 14.2. The number of aromatic amines is 1. The number of benzene rings is 2. The number of hydrogen-bond acceptors (Lipinski definition) is 4. The lowest BCUT2D eigenvalue weighted by atomic mass is 10.1. The molecule has 1 N–H and O–H groups in total. The van der Waals surface area contributed by atoms with Crippen molar-refractivity contribution in [1.82, 2.24) is 24.6 Å². The molecule has 1 aliphatic heterocycles. The van der Waals surface area contributed by atoms with E-state index >= 15 is 0 Å². The first-order chi connectivity index (χ1) is 14.1. The number of Topliss-reactive ketones (excluding diaryl/α,β-unsaturated/α-hetero) is 1. The molecule has 8 heteroatoms. The number of carbonyl (C=O) groups excluding carboxylic acids is 2. The molecule has 0 spiro atoms. The second-order valence-electron chi connectivity index (χ2n) is 6.88. The molecular weight excluding hydrogens is 373 g/mol. The smallest absolute Gasteiger partial charge is 0.295 e. The van der Waals surface area contributed by atoms with Crippen LogP contribution in [0.15, 0.2) is 54.7 Å². The second-order valence-corrected chi connectivity index (χ2v) is 6.88. The third kappa shape index (κ3) is 2.80. The van der Waals surface area contributed by atoms with Crippen LogP contribution in [0, 0.1) is 5.82 Å². The predicted molar refractivity (Wildman–Crippen MR) is 103 cm³/mol. The van der Waals surface area contributed by atoms with Crippen LogP contribution in [0.25, 0.3) is 22.3 Å². The molecule has 0 aliphatic carbocycles. The monoisotopic (exact) mass is 389 g/mol. The molecule has 0 bridgehead atoms. The third-order valence-corrected chi connectivity index (χ3v) is 5.17. The van der Waals surface area contributed by atoms with Gasteiger partial charge in [-0.25, -0.2) is 4.39 Å². The SMILES string of the molecule is O=C(C(=O)N1CCn2c(nnc2-c2ccccc2)C1)c1c[nH]c2cccc(F)c12. The van der Waals surface area contributed by atoms with Crippen molar-refractivity contribution in [3.05, 3.63) is 71.9 Å². The van der Waals surface area contributed by atoms with E-state index in [4.69, 9.17) is 0 Å². The van der Waals surface area contributed by atoms with Crippen LogP contribution in [-0.2, 0) is 17.9 Å². The minimum absolute atomic E-state index is 0.0418. The zero-order valence-electron chi connectivity index (χ0n) is 15.3. The lowest BCUT2D eigenvalue weighted by Gasteiger charge is -2.27. The Balaban J connectivity index is 1.41. The van der Waals surface area contributed by atoms with Crippen LogP contribution in [-0.4, -0.2) is 42.9 Å². The quantitative estimate of drug-likeness (QED) is 0.431. The summed E-state index contributed by atoms with van der Waals surface area (Å²) >= 11 is 0. The van der Waals surface area contributed by atoms with Crippen LogP contribution >= 0.6 is 0 Å². The van der Waals surface area contributed by atoms with Crippen LogP contribution in [0.1, 0.15) is 16.2 Å². The summed E-state index contributed by atoms with van der Waals surface area (Å²) in [5, 5.41) is 8.57. The third-order valence-electron chi connectivity index (χ3n) is 5.17. The number of halogens is 1. The van der Waals surface area contributed by atoms with Gasteiger partial charge in [0.1, 0.15) is 5.82 Å². The number of hydrogen-bond donors (Lipinski definition) is 1. The summed E-state index contributed by atoms with van der Waals surface area (Å²) in [6.45, 7) is 1.00. The Kier molecular flexibility index (Phi) is 3.97. The largest absolute Gasteiger partial charge is 0.360 e. The number of nitrogens with one attached hydrogen (secondary N) is 1. The summed E-state index contributed by atoms with van der Waals surface area (Å²) in [5.74, 6) is -0.605. The molecule has 1 aliphatic rings. The molecular formula is C21H16FN5O2. The van der Waals surface area contributed by atoms with Gasteiger partial charge in [-0.1, -0.05) is 36.4 Å². The summed E-state index contributed by atoms with van der Waals surface area (Å²) < 4.78 is 16.1. The van der Waals surface area contributed by atoms with Gasteiger partial charge >= 0.3 is 0 Å². The van der Waals surface area contributed by atoms with E-state index in [-0.39, 0.29) is 17.5 Å². The first-order valence-electron chi connectivity index (χ1n) is 9.20. The molecule has 2 aromatic carbocycles. The van der Waals surface area contributed by atoms with Crippen molar-refractivity contribution in [3.8, 4) is 11.4 Å². The van der Waals surface area contributed by atoms with Gasteiger partial charge in [-0.2, -0.15) is 0 Å². The number of fused-ring (bicyclic) bond motifs is 2. The highest BCUT2D eigenvalue weighted by atomic mass is 19.1. The molecule has 144 valence electrons. The molecule has 7 nitrogen and oxygen atoms in total. The number of aromatic nitrogens is 4. The number of nitrogens with zero attached hydrogens (tertiary/aromatic N) is 4. The van der Waals surface area contributed by atoms with E-state index in [1.54, 1.807) is 12.1 Å². The van der Waals surface area contributed by atoms with Crippen LogP contribution in [0.4, 0.5) is 4.39 Å². The van der Waals surface area contributed by atoms with E-state index in [2.05, 4.69) is 15.2 Å². The molecule has 0 saturated carbocycles. The van der Waals surface area contributed by atoms with Crippen molar-refractivity contribution in [1.29, 1.82) is 0 Å². The van der Waals surface area contributed by atoms with Crippen LogP contribution in [0.2, 0.25) is 0 Å². The van der Waals surface area contributed by atoms with E-state index in [0.29, 0.717) is 24.4 Å². The fourth-order valence-corrected chi connectivity index (χ4v) is 3.71. The summed E-state index contributed by atoms with van der Waals surface area (Å²) in [6.07, 6.45) is 1.38. The topological polar surface area (TPSA) is 83.9 Å². The molecule has 0 saturated heterocycles. The lowest BCUT2D eigenvalue weighted by molar-refractivity contribution is -0.127. The Morgan fingerprint density at radius 2 is 1.83 bits per heavy atom. The molecule has 2 aromatic heterocycles. The normalized spacial score (nSPS) is 13.5. The number of carbonyl (C=O) groups is 2. The maximum Gasteiger partial charge on any atom is 0.295 e. The number of amides is 1. The van der Waals surface area contributed by atoms with Crippen LogP contribution in [0.5, 0.6) is 0 Å². The van der Waals surface area contributed by atoms with Gasteiger partial charge in [0.15, 0.2) is 11.6 Å². The van der Waals surface area contributed by atoms with Crippen LogP contribution in [0.3, 0.4) is 0 Å². The summed E-state index contributed by atoms with van der Waals surface area (Å²) in [4.78, 5) is 29.9. The fourth-order valence-electron chi connectivity index (χ4n) is 3.71. The first-order valence-corrected chi connectivity index (χ1v) is 9.20. The minimum atomic E-state index is -0.738.